The van der Waals surface area contributed by atoms with Crippen LogP contribution < -0.4 is 5.32 Å². The van der Waals surface area contributed by atoms with Gasteiger partial charge >= 0.3 is 0 Å². The number of benzene rings is 2. The zero-order valence-electron chi connectivity index (χ0n) is 14.3. The van der Waals surface area contributed by atoms with Crippen molar-refractivity contribution in [2.24, 2.45) is 0 Å². The van der Waals surface area contributed by atoms with Crippen molar-refractivity contribution >= 4 is 28.3 Å². The Balaban J connectivity index is 1.41. The summed E-state index contributed by atoms with van der Waals surface area (Å²) in [6, 6.07) is 17.8. The molecule has 0 aliphatic heterocycles. The summed E-state index contributed by atoms with van der Waals surface area (Å²) in [6.07, 6.45) is 0.657. The molecular formula is C20H18N4OS. The molecule has 0 aliphatic rings. The fraction of sp³-hybridized carbons (Fsp3) is 0.150. The number of aryl methyl sites for hydroxylation is 1. The predicted molar refractivity (Wildman–Crippen MR) is 104 cm³/mol. The molecule has 4 aromatic rings. The topological polar surface area (TPSA) is 70.7 Å². The number of amides is 1. The average Bonchev–Trinajstić information content (AvgIpc) is 3.25. The van der Waals surface area contributed by atoms with Crippen molar-refractivity contribution in [3.63, 3.8) is 0 Å². The minimum Gasteiger partial charge on any atom is -0.351 e. The van der Waals surface area contributed by atoms with E-state index in [1.165, 1.54) is 11.3 Å². The van der Waals surface area contributed by atoms with E-state index in [1.54, 1.807) is 0 Å². The Labute approximate surface area is 155 Å². The molecule has 26 heavy (non-hydrogen) atoms. The summed E-state index contributed by atoms with van der Waals surface area (Å²) in [5.41, 5.74) is 3.75. The molecule has 2 aromatic carbocycles. The van der Waals surface area contributed by atoms with Gasteiger partial charge in [0.25, 0.3) is 5.91 Å². The second-order valence-electron chi connectivity index (χ2n) is 6.01. The van der Waals surface area contributed by atoms with Crippen molar-refractivity contribution in [2.75, 3.05) is 6.54 Å². The number of rotatable bonds is 5. The molecule has 4 rings (SSSR count). The third-order valence-corrected chi connectivity index (χ3v) is 5.31. The van der Waals surface area contributed by atoms with E-state index in [0.717, 1.165) is 33.1 Å². The van der Waals surface area contributed by atoms with Gasteiger partial charge in [0.1, 0.15) is 15.7 Å². The lowest BCUT2D eigenvalue weighted by Gasteiger charge is -2.02. The van der Waals surface area contributed by atoms with Crippen LogP contribution in [0.25, 0.3) is 21.6 Å². The lowest BCUT2D eigenvalue weighted by molar-refractivity contribution is 0.0957. The molecule has 0 atom stereocenters. The number of aromatic amines is 1. The second-order valence-corrected chi connectivity index (χ2v) is 7.01. The second kappa shape index (κ2) is 7.09. The van der Waals surface area contributed by atoms with Crippen molar-refractivity contribution in [3.05, 3.63) is 71.0 Å². The molecule has 130 valence electrons. The van der Waals surface area contributed by atoms with Crippen LogP contribution in [0.15, 0.2) is 54.6 Å². The Hall–Kier alpha value is -2.99. The van der Waals surface area contributed by atoms with Crippen molar-refractivity contribution in [1.29, 1.82) is 0 Å². The summed E-state index contributed by atoms with van der Waals surface area (Å²) in [4.78, 5) is 25.5. The van der Waals surface area contributed by atoms with Gasteiger partial charge in [-0.3, -0.25) is 4.79 Å². The summed E-state index contributed by atoms with van der Waals surface area (Å²) in [5.74, 6) is 0.788. The molecule has 6 heteroatoms. The molecule has 2 N–H and O–H groups in total. The minimum absolute atomic E-state index is 0.0849. The summed E-state index contributed by atoms with van der Waals surface area (Å²) in [6.45, 7) is 2.40. The monoisotopic (exact) mass is 362 g/mol. The highest BCUT2D eigenvalue weighted by Crippen LogP contribution is 2.27. The Morgan fingerprint density at radius 1 is 1.08 bits per heavy atom. The van der Waals surface area contributed by atoms with Gasteiger partial charge in [0.15, 0.2) is 0 Å². The largest absolute Gasteiger partial charge is 0.351 e. The number of aromatic nitrogens is 3. The molecule has 0 bridgehead atoms. The highest BCUT2D eigenvalue weighted by Gasteiger charge is 2.16. The third kappa shape index (κ3) is 3.36. The number of thiazole rings is 1. The first-order chi connectivity index (χ1) is 12.7. The van der Waals surface area contributed by atoms with Crippen molar-refractivity contribution in [2.45, 2.75) is 13.3 Å². The van der Waals surface area contributed by atoms with Crippen LogP contribution in [0.1, 0.15) is 21.2 Å². The lowest BCUT2D eigenvalue weighted by Crippen LogP contribution is -2.25. The molecule has 0 spiro atoms. The van der Waals surface area contributed by atoms with E-state index in [0.29, 0.717) is 17.8 Å². The van der Waals surface area contributed by atoms with Crippen LogP contribution in [0.5, 0.6) is 0 Å². The molecule has 0 saturated carbocycles. The zero-order chi connectivity index (χ0) is 17.9. The molecule has 0 aliphatic carbocycles. The standard InChI is InChI=1S/C20H18N4OS/c1-13-18(26-20(22-13)14-7-3-2-4-8-14)19(25)21-12-11-17-23-15-9-5-6-10-16(15)24-17/h2-10H,11-12H2,1H3,(H,21,25)(H,23,24). The van der Waals surface area contributed by atoms with Gasteiger partial charge in [-0.05, 0) is 19.1 Å². The number of hydrogen-bond acceptors (Lipinski definition) is 4. The molecule has 2 aromatic heterocycles. The third-order valence-electron chi connectivity index (χ3n) is 4.11. The van der Waals surface area contributed by atoms with Crippen LogP contribution in [0.4, 0.5) is 0 Å². The zero-order valence-corrected chi connectivity index (χ0v) is 15.1. The number of carbonyl (C=O) groups is 1. The van der Waals surface area contributed by atoms with Gasteiger partial charge in [0.05, 0.1) is 16.7 Å². The first-order valence-electron chi connectivity index (χ1n) is 8.45. The maximum Gasteiger partial charge on any atom is 0.263 e. The van der Waals surface area contributed by atoms with E-state index < -0.39 is 0 Å². The molecular weight excluding hydrogens is 344 g/mol. The average molecular weight is 362 g/mol. The van der Waals surface area contributed by atoms with Gasteiger partial charge < -0.3 is 10.3 Å². The van der Waals surface area contributed by atoms with Crippen LogP contribution in [0.2, 0.25) is 0 Å². The molecule has 0 saturated heterocycles. The summed E-state index contributed by atoms with van der Waals surface area (Å²) < 4.78 is 0. The van der Waals surface area contributed by atoms with Crippen molar-refractivity contribution < 1.29 is 4.79 Å². The van der Waals surface area contributed by atoms with Gasteiger partial charge in [0, 0.05) is 18.5 Å². The molecule has 2 heterocycles. The van der Waals surface area contributed by atoms with Crippen molar-refractivity contribution in [3.8, 4) is 10.6 Å². The van der Waals surface area contributed by atoms with E-state index >= 15 is 0 Å². The van der Waals surface area contributed by atoms with Crippen LogP contribution in [-0.4, -0.2) is 27.4 Å². The van der Waals surface area contributed by atoms with E-state index in [9.17, 15) is 4.79 Å². The maximum atomic E-state index is 12.5. The first kappa shape index (κ1) is 16.5. The van der Waals surface area contributed by atoms with E-state index in [1.807, 2.05) is 61.5 Å². The van der Waals surface area contributed by atoms with Crippen molar-refractivity contribution in [1.82, 2.24) is 20.3 Å². The van der Waals surface area contributed by atoms with E-state index in [2.05, 4.69) is 20.3 Å². The van der Waals surface area contributed by atoms with Gasteiger partial charge in [0.2, 0.25) is 0 Å². The molecule has 0 unspecified atom stereocenters. The molecule has 5 nitrogen and oxygen atoms in total. The number of H-pyrrole nitrogens is 1. The molecule has 1 amide bonds. The van der Waals surface area contributed by atoms with Crippen LogP contribution in [-0.2, 0) is 6.42 Å². The number of hydrogen-bond donors (Lipinski definition) is 2. The summed E-state index contributed by atoms with van der Waals surface area (Å²) in [7, 11) is 0. The normalized spacial score (nSPS) is 11.0. The molecule has 0 fully saturated rings. The summed E-state index contributed by atoms with van der Waals surface area (Å²) >= 11 is 1.42. The smallest absolute Gasteiger partial charge is 0.263 e. The predicted octanol–water partition coefficient (Wildman–Crippen LogP) is 3.97. The van der Waals surface area contributed by atoms with Crippen LogP contribution >= 0.6 is 11.3 Å². The van der Waals surface area contributed by atoms with E-state index in [4.69, 9.17) is 0 Å². The number of nitrogens with one attached hydrogen (secondary N) is 2. The fourth-order valence-corrected chi connectivity index (χ4v) is 3.80. The Morgan fingerprint density at radius 3 is 2.65 bits per heavy atom. The first-order valence-corrected chi connectivity index (χ1v) is 9.27. The SMILES string of the molecule is Cc1nc(-c2ccccc2)sc1C(=O)NCCc1nc2ccccc2[nH]1. The lowest BCUT2D eigenvalue weighted by atomic mass is 10.2. The fourth-order valence-electron chi connectivity index (χ4n) is 2.81. The van der Waals surface area contributed by atoms with Gasteiger partial charge in [-0.2, -0.15) is 0 Å². The number of nitrogens with zero attached hydrogens (tertiary/aromatic N) is 2. The van der Waals surface area contributed by atoms with Gasteiger partial charge in [-0.15, -0.1) is 11.3 Å². The highest BCUT2D eigenvalue weighted by atomic mass is 32.1. The van der Waals surface area contributed by atoms with E-state index in [-0.39, 0.29) is 5.91 Å². The Bertz CT molecular complexity index is 1020. The number of fused-ring (bicyclic) bond motifs is 1. The van der Waals surface area contributed by atoms with Crippen LogP contribution in [0.3, 0.4) is 0 Å². The van der Waals surface area contributed by atoms with Gasteiger partial charge in [-0.25, -0.2) is 9.97 Å². The van der Waals surface area contributed by atoms with Crippen LogP contribution in [0, 0.1) is 6.92 Å². The quantitative estimate of drug-likeness (QED) is 0.564. The minimum atomic E-state index is -0.0849. The number of carbonyl (C=O) groups excluding carboxylic acids is 1. The maximum absolute atomic E-state index is 12.5. The molecule has 0 radical (unpaired) electrons. The Kier molecular flexibility index (Phi) is 4.50. The Morgan fingerprint density at radius 2 is 1.85 bits per heavy atom. The highest BCUT2D eigenvalue weighted by molar-refractivity contribution is 7.17. The summed E-state index contributed by atoms with van der Waals surface area (Å²) in [5, 5.41) is 3.84. The van der Waals surface area contributed by atoms with Gasteiger partial charge in [-0.1, -0.05) is 42.5 Å². The number of imidazole rings is 1. The number of para-hydroxylation sites is 2.